The molecule has 122 valence electrons. The van der Waals surface area contributed by atoms with Crippen molar-refractivity contribution in [2.24, 2.45) is 0 Å². The third-order valence-corrected chi connectivity index (χ3v) is 4.93. The number of carbonyl (C=O) groups excluding carboxylic acids is 1. The van der Waals surface area contributed by atoms with Crippen LogP contribution in [0.15, 0.2) is 41.3 Å². The number of hydrogen-bond donors (Lipinski definition) is 1. The monoisotopic (exact) mass is 357 g/mol. The fourth-order valence-electron chi connectivity index (χ4n) is 1.86. The van der Waals surface area contributed by atoms with Gasteiger partial charge in [-0.3, -0.25) is 4.72 Å². The molecule has 0 unspecified atom stereocenters. The summed E-state index contributed by atoms with van der Waals surface area (Å²) in [5.41, 5.74) is 0.660. The van der Waals surface area contributed by atoms with Gasteiger partial charge in [0.15, 0.2) is 0 Å². The SMILES string of the molecule is COC(=O)c1ccc(Cl)c(S(=O)(=O)Nc2cc(F)ccc2C)c1. The predicted octanol–water partition coefficient (Wildman–Crippen LogP) is 3.37. The number of aryl methyl sites for hydroxylation is 1. The number of carbonyl (C=O) groups is 1. The first-order valence-electron chi connectivity index (χ1n) is 6.41. The second-order valence-corrected chi connectivity index (χ2v) is 6.76. The predicted molar refractivity (Wildman–Crippen MR) is 84.7 cm³/mol. The summed E-state index contributed by atoms with van der Waals surface area (Å²) in [7, 11) is -2.92. The molecule has 8 heteroatoms. The molecule has 0 saturated carbocycles. The highest BCUT2D eigenvalue weighted by Gasteiger charge is 2.21. The highest BCUT2D eigenvalue weighted by Crippen LogP contribution is 2.26. The Kier molecular flexibility index (Phi) is 4.91. The van der Waals surface area contributed by atoms with Crippen LogP contribution in [-0.2, 0) is 14.8 Å². The maximum Gasteiger partial charge on any atom is 0.337 e. The Morgan fingerprint density at radius 1 is 1.22 bits per heavy atom. The van der Waals surface area contributed by atoms with E-state index in [9.17, 15) is 17.6 Å². The van der Waals surface area contributed by atoms with Crippen LogP contribution in [0.4, 0.5) is 10.1 Å². The first-order chi connectivity index (χ1) is 10.7. The van der Waals surface area contributed by atoms with Crippen molar-refractivity contribution in [2.75, 3.05) is 11.8 Å². The lowest BCUT2D eigenvalue weighted by Crippen LogP contribution is -2.15. The fourth-order valence-corrected chi connectivity index (χ4v) is 3.51. The Morgan fingerprint density at radius 3 is 2.57 bits per heavy atom. The van der Waals surface area contributed by atoms with Gasteiger partial charge in [0.25, 0.3) is 10.0 Å². The molecule has 23 heavy (non-hydrogen) atoms. The van der Waals surface area contributed by atoms with Gasteiger partial charge in [-0.1, -0.05) is 17.7 Å². The van der Waals surface area contributed by atoms with Crippen LogP contribution < -0.4 is 4.72 Å². The number of anilines is 1. The first kappa shape index (κ1) is 17.2. The van der Waals surface area contributed by atoms with E-state index in [0.717, 1.165) is 12.1 Å². The van der Waals surface area contributed by atoms with Crippen LogP contribution in [0.3, 0.4) is 0 Å². The third kappa shape index (κ3) is 3.80. The summed E-state index contributed by atoms with van der Waals surface area (Å²) in [6, 6.07) is 7.45. The number of methoxy groups -OCH3 is 1. The van der Waals surface area contributed by atoms with E-state index in [1.807, 2.05) is 0 Å². The van der Waals surface area contributed by atoms with Gasteiger partial charge in [0, 0.05) is 0 Å². The molecule has 1 N–H and O–H groups in total. The second kappa shape index (κ2) is 6.55. The Morgan fingerprint density at radius 2 is 1.91 bits per heavy atom. The van der Waals surface area contributed by atoms with Gasteiger partial charge in [0.2, 0.25) is 0 Å². The summed E-state index contributed by atoms with van der Waals surface area (Å²) in [5, 5.41) is -0.0702. The first-order valence-corrected chi connectivity index (χ1v) is 8.27. The number of rotatable bonds is 4. The highest BCUT2D eigenvalue weighted by atomic mass is 35.5. The van der Waals surface area contributed by atoms with E-state index >= 15 is 0 Å². The summed E-state index contributed by atoms with van der Waals surface area (Å²) in [4.78, 5) is 11.2. The quantitative estimate of drug-likeness (QED) is 0.851. The minimum atomic E-state index is -4.10. The number of nitrogens with one attached hydrogen (secondary N) is 1. The van der Waals surface area contributed by atoms with Gasteiger partial charge in [-0.25, -0.2) is 17.6 Å². The van der Waals surface area contributed by atoms with E-state index < -0.39 is 21.8 Å². The summed E-state index contributed by atoms with van der Waals surface area (Å²) in [5.74, 6) is -1.28. The molecule has 2 aromatic rings. The number of esters is 1. The summed E-state index contributed by atoms with van der Waals surface area (Å²) >= 11 is 5.92. The van der Waals surface area contributed by atoms with Crippen molar-refractivity contribution in [3.05, 3.63) is 58.4 Å². The Labute approximate surface area is 138 Å². The molecule has 0 heterocycles. The molecular weight excluding hydrogens is 345 g/mol. The molecule has 5 nitrogen and oxygen atoms in total. The van der Waals surface area contributed by atoms with E-state index in [1.54, 1.807) is 6.92 Å². The Hall–Kier alpha value is -2.12. The van der Waals surface area contributed by atoms with E-state index in [0.29, 0.717) is 5.56 Å². The van der Waals surface area contributed by atoms with Crippen molar-refractivity contribution >= 4 is 33.3 Å². The number of benzene rings is 2. The van der Waals surface area contributed by atoms with Gasteiger partial charge in [0.1, 0.15) is 10.7 Å². The minimum Gasteiger partial charge on any atom is -0.465 e. The highest BCUT2D eigenvalue weighted by molar-refractivity contribution is 7.92. The van der Waals surface area contributed by atoms with Crippen molar-refractivity contribution in [1.29, 1.82) is 0 Å². The molecule has 0 amide bonds. The van der Waals surface area contributed by atoms with Gasteiger partial charge in [0.05, 0.1) is 23.4 Å². The van der Waals surface area contributed by atoms with Crippen LogP contribution in [-0.4, -0.2) is 21.5 Å². The summed E-state index contributed by atoms with van der Waals surface area (Å²) < 4.78 is 45.1. The molecule has 0 aliphatic carbocycles. The maximum atomic E-state index is 13.3. The largest absolute Gasteiger partial charge is 0.465 e. The molecular formula is C15H13ClFNO4S. The molecule has 0 aromatic heterocycles. The van der Waals surface area contributed by atoms with Crippen molar-refractivity contribution in [3.8, 4) is 0 Å². The van der Waals surface area contributed by atoms with Crippen molar-refractivity contribution in [2.45, 2.75) is 11.8 Å². The van der Waals surface area contributed by atoms with Crippen LogP contribution in [0.25, 0.3) is 0 Å². The average molecular weight is 358 g/mol. The number of halogens is 2. The fraction of sp³-hybridized carbons (Fsp3) is 0.133. The van der Waals surface area contributed by atoms with Gasteiger partial charge >= 0.3 is 5.97 Å². The third-order valence-electron chi connectivity index (χ3n) is 3.09. The van der Waals surface area contributed by atoms with Crippen molar-refractivity contribution < 1.29 is 22.3 Å². The molecule has 0 spiro atoms. The summed E-state index contributed by atoms with van der Waals surface area (Å²) in [6.07, 6.45) is 0. The maximum absolute atomic E-state index is 13.3. The van der Waals surface area contributed by atoms with Crippen LogP contribution in [0.1, 0.15) is 15.9 Å². The van der Waals surface area contributed by atoms with Crippen LogP contribution in [0.2, 0.25) is 5.02 Å². The normalized spacial score (nSPS) is 11.1. The molecule has 0 atom stereocenters. The summed E-state index contributed by atoms with van der Waals surface area (Å²) in [6.45, 7) is 1.63. The van der Waals surface area contributed by atoms with E-state index in [1.165, 1.54) is 31.4 Å². The van der Waals surface area contributed by atoms with E-state index in [2.05, 4.69) is 9.46 Å². The van der Waals surface area contributed by atoms with Crippen LogP contribution in [0, 0.1) is 12.7 Å². The second-order valence-electron chi connectivity index (χ2n) is 4.70. The lowest BCUT2D eigenvalue weighted by molar-refractivity contribution is 0.0600. The molecule has 0 saturated heterocycles. The molecule has 0 aliphatic rings. The lowest BCUT2D eigenvalue weighted by Gasteiger charge is -2.12. The average Bonchev–Trinajstić information content (AvgIpc) is 2.50. The number of sulfonamides is 1. The standard InChI is InChI=1S/C15H13ClFNO4S/c1-9-3-5-11(17)8-13(9)18-23(20,21)14-7-10(15(19)22-2)4-6-12(14)16/h3-8,18H,1-2H3. The van der Waals surface area contributed by atoms with Crippen LogP contribution in [0.5, 0.6) is 0 Å². The zero-order valence-corrected chi connectivity index (χ0v) is 13.8. The topological polar surface area (TPSA) is 72.5 Å². The molecule has 0 radical (unpaired) electrons. The van der Waals surface area contributed by atoms with Gasteiger partial charge in [-0.2, -0.15) is 0 Å². The Balaban J connectivity index is 2.47. The zero-order chi connectivity index (χ0) is 17.2. The molecule has 2 rings (SSSR count). The van der Waals surface area contributed by atoms with Crippen molar-refractivity contribution in [1.82, 2.24) is 0 Å². The lowest BCUT2D eigenvalue weighted by atomic mass is 10.2. The zero-order valence-electron chi connectivity index (χ0n) is 12.3. The molecule has 0 fully saturated rings. The number of hydrogen-bond acceptors (Lipinski definition) is 4. The van der Waals surface area contributed by atoms with Crippen LogP contribution >= 0.6 is 11.6 Å². The van der Waals surface area contributed by atoms with Crippen molar-refractivity contribution in [3.63, 3.8) is 0 Å². The Bertz CT molecular complexity index is 868. The number of ether oxygens (including phenoxy) is 1. The van der Waals surface area contributed by atoms with Gasteiger partial charge in [-0.05, 0) is 42.8 Å². The van der Waals surface area contributed by atoms with Gasteiger partial charge in [-0.15, -0.1) is 0 Å². The van der Waals surface area contributed by atoms with E-state index in [-0.39, 0.29) is 21.2 Å². The molecule has 0 aliphatic heterocycles. The minimum absolute atomic E-state index is 0.0354. The van der Waals surface area contributed by atoms with E-state index in [4.69, 9.17) is 11.6 Å². The molecule has 2 aromatic carbocycles. The molecule has 0 bridgehead atoms. The smallest absolute Gasteiger partial charge is 0.337 e. The van der Waals surface area contributed by atoms with Gasteiger partial charge < -0.3 is 4.74 Å².